The lowest BCUT2D eigenvalue weighted by Crippen LogP contribution is -2.19. The third-order valence-electron chi connectivity index (χ3n) is 2.43. The third-order valence-corrected chi connectivity index (χ3v) is 3.84. The largest absolute Gasteiger partial charge is 0.481 e. The highest BCUT2D eigenvalue weighted by atomic mass is 32.2. The van der Waals surface area contributed by atoms with Crippen LogP contribution in [-0.2, 0) is 15.6 Å². The maximum Gasteiger partial charge on any atom is 0.316 e. The lowest BCUT2D eigenvalue weighted by atomic mass is 9.91. The number of aliphatic carboxylic acids is 1. The molecule has 0 radical (unpaired) electrons. The summed E-state index contributed by atoms with van der Waals surface area (Å²) < 4.78 is 11.3. The number of hydrogen-bond acceptors (Lipinski definition) is 2. The third kappa shape index (κ3) is 4.41. The SMILES string of the molecule is O=C(O)CS(=O)CC1CCCCC1. The van der Waals surface area contributed by atoms with E-state index in [-0.39, 0.29) is 5.75 Å². The van der Waals surface area contributed by atoms with Gasteiger partial charge in [0.05, 0.1) is 0 Å². The Hall–Kier alpha value is -0.380. The molecule has 0 aliphatic heterocycles. The van der Waals surface area contributed by atoms with E-state index in [0.29, 0.717) is 11.7 Å². The Morgan fingerprint density at radius 1 is 1.31 bits per heavy atom. The van der Waals surface area contributed by atoms with Gasteiger partial charge in [0, 0.05) is 16.6 Å². The molecule has 0 amide bonds. The quantitative estimate of drug-likeness (QED) is 0.753. The molecule has 1 atom stereocenters. The zero-order valence-corrected chi connectivity index (χ0v) is 8.52. The highest BCUT2D eigenvalue weighted by molar-refractivity contribution is 7.85. The molecule has 3 nitrogen and oxygen atoms in total. The highest BCUT2D eigenvalue weighted by Crippen LogP contribution is 2.24. The van der Waals surface area contributed by atoms with Gasteiger partial charge in [0.25, 0.3) is 0 Å². The van der Waals surface area contributed by atoms with Crippen molar-refractivity contribution in [2.24, 2.45) is 5.92 Å². The molecule has 1 fully saturated rings. The minimum atomic E-state index is -1.15. The first-order chi connectivity index (χ1) is 6.18. The van der Waals surface area contributed by atoms with Crippen molar-refractivity contribution in [1.82, 2.24) is 0 Å². The molecule has 0 aromatic carbocycles. The van der Waals surface area contributed by atoms with E-state index < -0.39 is 16.8 Å². The second-order valence-corrected chi connectivity index (χ2v) is 5.15. The van der Waals surface area contributed by atoms with Gasteiger partial charge in [-0.25, -0.2) is 0 Å². The molecule has 4 heteroatoms. The number of carboxylic acid groups (broad SMARTS) is 1. The minimum Gasteiger partial charge on any atom is -0.481 e. The van der Waals surface area contributed by atoms with Crippen LogP contribution >= 0.6 is 0 Å². The summed E-state index contributed by atoms with van der Waals surface area (Å²) in [7, 11) is -1.15. The summed E-state index contributed by atoms with van der Waals surface area (Å²) in [4.78, 5) is 10.3. The minimum absolute atomic E-state index is 0.184. The van der Waals surface area contributed by atoms with Crippen LogP contribution in [0.1, 0.15) is 32.1 Å². The monoisotopic (exact) mass is 204 g/mol. The molecular weight excluding hydrogens is 188 g/mol. The molecule has 1 aliphatic carbocycles. The summed E-state index contributed by atoms with van der Waals surface area (Å²) in [6.45, 7) is 0. The Balaban J connectivity index is 2.22. The van der Waals surface area contributed by atoms with Gasteiger partial charge in [0.15, 0.2) is 0 Å². The molecule has 76 valence electrons. The number of rotatable bonds is 4. The van der Waals surface area contributed by atoms with Crippen LogP contribution in [0.5, 0.6) is 0 Å². The molecule has 1 rings (SSSR count). The second-order valence-electron chi connectivity index (χ2n) is 3.65. The summed E-state index contributed by atoms with van der Waals surface area (Å²) >= 11 is 0. The summed E-state index contributed by atoms with van der Waals surface area (Å²) in [5.41, 5.74) is 0. The summed E-state index contributed by atoms with van der Waals surface area (Å²) in [5.74, 6) is -0.0360. The Bertz CT molecular complexity index is 197. The first-order valence-electron chi connectivity index (χ1n) is 4.75. The van der Waals surface area contributed by atoms with E-state index >= 15 is 0 Å². The van der Waals surface area contributed by atoms with Crippen LogP contribution in [-0.4, -0.2) is 26.8 Å². The number of hydrogen-bond donors (Lipinski definition) is 1. The average Bonchev–Trinajstić information content (AvgIpc) is 2.04. The maximum absolute atomic E-state index is 11.3. The predicted octanol–water partition coefficient (Wildman–Crippen LogP) is 1.40. The lowest BCUT2D eigenvalue weighted by molar-refractivity contribution is -0.133. The van der Waals surface area contributed by atoms with Gasteiger partial charge in [-0.05, 0) is 18.8 Å². The first kappa shape index (κ1) is 10.7. The molecule has 1 saturated carbocycles. The van der Waals surface area contributed by atoms with Crippen LogP contribution in [0.15, 0.2) is 0 Å². The maximum atomic E-state index is 11.3. The standard InChI is InChI=1S/C9H16O3S/c10-9(11)7-13(12)6-8-4-2-1-3-5-8/h8H,1-7H2,(H,10,11). The number of carboxylic acids is 1. The molecule has 0 bridgehead atoms. The fourth-order valence-corrected chi connectivity index (χ4v) is 3.07. The second kappa shape index (κ2) is 5.37. The Labute approximate surface area is 81.0 Å². The summed E-state index contributed by atoms with van der Waals surface area (Å²) in [6, 6.07) is 0. The Morgan fingerprint density at radius 2 is 1.92 bits per heavy atom. The summed E-state index contributed by atoms with van der Waals surface area (Å²) in [5, 5.41) is 8.42. The molecule has 13 heavy (non-hydrogen) atoms. The van der Waals surface area contributed by atoms with Crippen molar-refractivity contribution >= 4 is 16.8 Å². The van der Waals surface area contributed by atoms with Crippen molar-refractivity contribution < 1.29 is 14.1 Å². The van der Waals surface area contributed by atoms with Crippen LogP contribution in [0.2, 0.25) is 0 Å². The number of carbonyl (C=O) groups is 1. The van der Waals surface area contributed by atoms with Crippen molar-refractivity contribution in [2.75, 3.05) is 11.5 Å². The molecule has 1 N–H and O–H groups in total. The molecule has 0 aromatic heterocycles. The molecule has 0 aromatic rings. The van der Waals surface area contributed by atoms with E-state index in [1.807, 2.05) is 0 Å². The van der Waals surface area contributed by atoms with Crippen LogP contribution in [0.4, 0.5) is 0 Å². The summed E-state index contributed by atoms with van der Waals surface area (Å²) in [6.07, 6.45) is 5.97. The molecule has 0 heterocycles. The average molecular weight is 204 g/mol. The zero-order valence-electron chi connectivity index (χ0n) is 7.70. The fourth-order valence-electron chi connectivity index (χ4n) is 1.81. The van der Waals surface area contributed by atoms with Crippen molar-refractivity contribution in [1.29, 1.82) is 0 Å². The fraction of sp³-hybridized carbons (Fsp3) is 0.889. The van der Waals surface area contributed by atoms with Crippen LogP contribution in [0.25, 0.3) is 0 Å². The van der Waals surface area contributed by atoms with Gasteiger partial charge in [-0.2, -0.15) is 0 Å². The van der Waals surface area contributed by atoms with Crippen molar-refractivity contribution in [3.63, 3.8) is 0 Å². The van der Waals surface area contributed by atoms with Gasteiger partial charge < -0.3 is 5.11 Å². The van der Waals surface area contributed by atoms with Gasteiger partial charge in [-0.15, -0.1) is 0 Å². The van der Waals surface area contributed by atoms with Gasteiger partial charge in [0.2, 0.25) is 0 Å². The van der Waals surface area contributed by atoms with E-state index in [2.05, 4.69) is 0 Å². The normalized spacial score (nSPS) is 21.2. The van der Waals surface area contributed by atoms with Crippen LogP contribution in [0.3, 0.4) is 0 Å². The molecule has 1 unspecified atom stereocenters. The van der Waals surface area contributed by atoms with Gasteiger partial charge in [0.1, 0.15) is 5.75 Å². The molecule has 0 saturated heterocycles. The van der Waals surface area contributed by atoms with Crippen molar-refractivity contribution in [3.8, 4) is 0 Å². The Morgan fingerprint density at radius 3 is 2.46 bits per heavy atom. The van der Waals surface area contributed by atoms with Crippen molar-refractivity contribution in [2.45, 2.75) is 32.1 Å². The van der Waals surface area contributed by atoms with E-state index in [4.69, 9.17) is 5.11 Å². The Kier molecular flexibility index (Phi) is 4.42. The predicted molar refractivity (Wildman–Crippen MR) is 52.1 cm³/mol. The topological polar surface area (TPSA) is 54.4 Å². The smallest absolute Gasteiger partial charge is 0.316 e. The van der Waals surface area contributed by atoms with E-state index in [1.54, 1.807) is 0 Å². The van der Waals surface area contributed by atoms with Gasteiger partial charge in [-0.3, -0.25) is 9.00 Å². The highest BCUT2D eigenvalue weighted by Gasteiger charge is 2.17. The molecular formula is C9H16O3S. The van der Waals surface area contributed by atoms with E-state index in [9.17, 15) is 9.00 Å². The zero-order chi connectivity index (χ0) is 9.68. The van der Waals surface area contributed by atoms with Crippen LogP contribution in [0, 0.1) is 5.92 Å². The van der Waals surface area contributed by atoms with Gasteiger partial charge in [-0.1, -0.05) is 19.3 Å². The molecule has 0 spiro atoms. The van der Waals surface area contributed by atoms with E-state index in [1.165, 1.54) is 19.3 Å². The van der Waals surface area contributed by atoms with E-state index in [0.717, 1.165) is 12.8 Å². The van der Waals surface area contributed by atoms with Crippen molar-refractivity contribution in [3.05, 3.63) is 0 Å². The van der Waals surface area contributed by atoms with Crippen LogP contribution < -0.4 is 0 Å². The van der Waals surface area contributed by atoms with Gasteiger partial charge >= 0.3 is 5.97 Å². The lowest BCUT2D eigenvalue weighted by Gasteiger charge is -2.20. The first-order valence-corrected chi connectivity index (χ1v) is 6.24. The molecule has 1 aliphatic rings.